The molecule has 1 amide bonds. The minimum Gasteiger partial charge on any atom is -0.497 e. The molecule has 0 saturated heterocycles. The van der Waals surface area contributed by atoms with Gasteiger partial charge >= 0.3 is 0 Å². The predicted octanol–water partition coefficient (Wildman–Crippen LogP) is 4.33. The quantitative estimate of drug-likeness (QED) is 0.524. The number of hydrogen-bond acceptors (Lipinski definition) is 6. The molecule has 0 atom stereocenters. The smallest absolute Gasteiger partial charge is 0.231 e. The van der Waals surface area contributed by atoms with E-state index in [0.29, 0.717) is 13.2 Å². The molecule has 1 N–H and O–H groups in total. The van der Waals surface area contributed by atoms with Crippen molar-refractivity contribution in [2.24, 2.45) is 0 Å². The molecule has 1 saturated carbocycles. The molecule has 2 heterocycles. The van der Waals surface area contributed by atoms with E-state index in [2.05, 4.69) is 16.4 Å². The van der Waals surface area contributed by atoms with E-state index in [9.17, 15) is 4.79 Å². The lowest BCUT2D eigenvalue weighted by Gasteiger charge is -2.32. The molecule has 1 aliphatic carbocycles. The lowest BCUT2D eigenvalue weighted by atomic mass is 9.87. The van der Waals surface area contributed by atoms with Crippen molar-refractivity contribution < 1.29 is 19.0 Å². The number of methoxy groups -OCH3 is 1. The number of aromatic nitrogens is 2. The fourth-order valence-electron chi connectivity index (χ4n) is 4.59. The highest BCUT2D eigenvalue weighted by molar-refractivity contribution is 7.99. The maximum atomic E-state index is 13.1. The third-order valence-electron chi connectivity index (χ3n) is 6.20. The zero-order chi connectivity index (χ0) is 22.7. The Morgan fingerprint density at radius 2 is 1.97 bits per heavy atom. The van der Waals surface area contributed by atoms with E-state index in [-0.39, 0.29) is 17.2 Å². The summed E-state index contributed by atoms with van der Waals surface area (Å²) >= 11 is 1.42. The number of hydrogen-bond donors (Lipinski definition) is 1. The summed E-state index contributed by atoms with van der Waals surface area (Å²) in [6.07, 6.45) is 7.64. The van der Waals surface area contributed by atoms with Crippen LogP contribution in [0, 0.1) is 0 Å². The molecule has 172 valence electrons. The Morgan fingerprint density at radius 1 is 1.15 bits per heavy atom. The Labute approximate surface area is 197 Å². The lowest BCUT2D eigenvalue weighted by Crippen LogP contribution is -2.44. The normalized spacial score (nSPS) is 16.4. The second-order valence-electron chi connectivity index (χ2n) is 8.27. The summed E-state index contributed by atoms with van der Waals surface area (Å²) in [6.45, 7) is 1.11. The van der Waals surface area contributed by atoms with Crippen LogP contribution in [0.4, 0.5) is 0 Å². The summed E-state index contributed by atoms with van der Waals surface area (Å²) in [4.78, 5) is 17.5. The highest BCUT2D eigenvalue weighted by Crippen LogP contribution is 2.42. The Morgan fingerprint density at radius 3 is 2.79 bits per heavy atom. The molecular weight excluding hydrogens is 438 g/mol. The molecule has 2 aliphatic rings. The lowest BCUT2D eigenvalue weighted by molar-refractivity contribution is -0.120. The van der Waals surface area contributed by atoms with Gasteiger partial charge in [-0.25, -0.2) is 4.98 Å². The number of carbonyl (C=O) groups excluding carboxylic acids is 1. The summed E-state index contributed by atoms with van der Waals surface area (Å²) in [6, 6.07) is 13.8. The van der Waals surface area contributed by atoms with Gasteiger partial charge in [-0.15, -0.1) is 0 Å². The number of thioether (sulfide) groups is 1. The topological polar surface area (TPSA) is 74.6 Å². The second-order valence-corrected chi connectivity index (χ2v) is 9.21. The monoisotopic (exact) mass is 465 g/mol. The molecule has 1 aromatic heterocycles. The number of carbonyl (C=O) groups is 1. The summed E-state index contributed by atoms with van der Waals surface area (Å²) in [7, 11) is 1.65. The van der Waals surface area contributed by atoms with Gasteiger partial charge in [-0.3, -0.25) is 9.36 Å². The minimum atomic E-state index is -0.365. The van der Waals surface area contributed by atoms with E-state index in [4.69, 9.17) is 14.2 Å². The summed E-state index contributed by atoms with van der Waals surface area (Å²) in [5.74, 6) is 2.58. The molecule has 5 rings (SSSR count). The van der Waals surface area contributed by atoms with Gasteiger partial charge in [0, 0.05) is 18.5 Å². The van der Waals surface area contributed by atoms with E-state index in [1.807, 2.05) is 47.2 Å². The third kappa shape index (κ3) is 4.53. The van der Waals surface area contributed by atoms with Gasteiger partial charge in [-0.1, -0.05) is 36.7 Å². The van der Waals surface area contributed by atoms with Crippen molar-refractivity contribution in [3.05, 3.63) is 60.4 Å². The second kappa shape index (κ2) is 9.39. The highest BCUT2D eigenvalue weighted by Gasteiger charge is 2.37. The van der Waals surface area contributed by atoms with E-state index >= 15 is 0 Å². The van der Waals surface area contributed by atoms with Crippen LogP contribution >= 0.6 is 11.8 Å². The van der Waals surface area contributed by atoms with Crippen LogP contribution in [0.3, 0.4) is 0 Å². The Kier molecular flexibility index (Phi) is 6.17. The molecule has 1 fully saturated rings. The van der Waals surface area contributed by atoms with Crippen molar-refractivity contribution in [2.75, 3.05) is 26.1 Å². The van der Waals surface area contributed by atoms with Crippen molar-refractivity contribution in [3.63, 3.8) is 0 Å². The van der Waals surface area contributed by atoms with Crippen LogP contribution < -0.4 is 19.5 Å². The Balaban J connectivity index is 1.29. The first kappa shape index (κ1) is 21.7. The van der Waals surface area contributed by atoms with Crippen molar-refractivity contribution in [1.82, 2.24) is 14.9 Å². The first-order valence-electron chi connectivity index (χ1n) is 11.2. The number of ether oxygens (including phenoxy) is 3. The molecule has 2 aromatic carbocycles. The van der Waals surface area contributed by atoms with Crippen molar-refractivity contribution in [1.29, 1.82) is 0 Å². The molecule has 0 bridgehead atoms. The van der Waals surface area contributed by atoms with Crippen LogP contribution in [-0.2, 0) is 10.3 Å². The average Bonchev–Trinajstić information content (AvgIpc) is 3.53. The van der Waals surface area contributed by atoms with Crippen LogP contribution in [0.1, 0.15) is 31.2 Å². The van der Waals surface area contributed by atoms with Crippen molar-refractivity contribution in [2.45, 2.75) is 36.4 Å². The highest BCUT2D eigenvalue weighted by atomic mass is 32.2. The molecule has 8 heteroatoms. The van der Waals surface area contributed by atoms with E-state index in [1.165, 1.54) is 11.8 Å². The van der Waals surface area contributed by atoms with Gasteiger partial charge in [0.25, 0.3) is 0 Å². The zero-order valence-electron chi connectivity index (χ0n) is 18.6. The Hall–Kier alpha value is -3.13. The summed E-state index contributed by atoms with van der Waals surface area (Å²) in [5, 5.41) is 4.10. The summed E-state index contributed by atoms with van der Waals surface area (Å²) in [5.41, 5.74) is 1.66. The van der Waals surface area contributed by atoms with E-state index in [1.54, 1.807) is 13.3 Å². The van der Waals surface area contributed by atoms with Gasteiger partial charge < -0.3 is 19.5 Å². The number of nitrogens with zero attached hydrogens (tertiary/aromatic N) is 2. The fraction of sp³-hybridized carbons (Fsp3) is 0.360. The SMILES string of the molecule is COc1cccc(-n2ccnc2SCC(=O)NC2(c3ccc4c(c3)OCCO4)CCCC2)c1. The summed E-state index contributed by atoms with van der Waals surface area (Å²) < 4.78 is 18.7. The molecule has 0 unspecified atom stereocenters. The number of benzene rings is 2. The van der Waals surface area contributed by atoms with Crippen LogP contribution in [0.25, 0.3) is 5.69 Å². The average molecular weight is 466 g/mol. The van der Waals surface area contributed by atoms with Gasteiger partial charge in [0.1, 0.15) is 19.0 Å². The van der Waals surface area contributed by atoms with Gasteiger partial charge in [0.15, 0.2) is 16.7 Å². The van der Waals surface area contributed by atoms with Crippen LogP contribution in [0.5, 0.6) is 17.2 Å². The molecule has 0 radical (unpaired) electrons. The van der Waals surface area contributed by atoms with Gasteiger partial charge in [-0.05, 0) is 42.7 Å². The van der Waals surface area contributed by atoms with Crippen LogP contribution in [-0.4, -0.2) is 41.5 Å². The van der Waals surface area contributed by atoms with Gasteiger partial charge in [0.2, 0.25) is 5.91 Å². The van der Waals surface area contributed by atoms with E-state index in [0.717, 1.165) is 59.3 Å². The standard InChI is InChI=1S/C25H27N3O4S/c1-30-20-6-4-5-19(16-20)28-12-11-26-24(28)33-17-23(29)27-25(9-2-3-10-25)18-7-8-21-22(15-18)32-14-13-31-21/h4-8,11-12,15-16H,2-3,9-10,13-14,17H2,1H3,(H,27,29). The predicted molar refractivity (Wildman–Crippen MR) is 127 cm³/mol. The maximum absolute atomic E-state index is 13.1. The molecule has 1 aliphatic heterocycles. The van der Waals surface area contributed by atoms with Crippen LogP contribution in [0.2, 0.25) is 0 Å². The number of rotatable bonds is 7. The molecule has 3 aromatic rings. The number of nitrogens with one attached hydrogen (secondary N) is 1. The van der Waals surface area contributed by atoms with Gasteiger partial charge in [0.05, 0.1) is 24.1 Å². The number of fused-ring (bicyclic) bond motifs is 1. The van der Waals surface area contributed by atoms with Crippen molar-refractivity contribution in [3.8, 4) is 22.9 Å². The first-order valence-corrected chi connectivity index (χ1v) is 12.2. The molecule has 0 spiro atoms. The largest absolute Gasteiger partial charge is 0.497 e. The molecular formula is C25H27N3O4S. The van der Waals surface area contributed by atoms with Crippen molar-refractivity contribution >= 4 is 17.7 Å². The Bertz CT molecular complexity index is 1140. The zero-order valence-corrected chi connectivity index (χ0v) is 19.4. The number of amides is 1. The van der Waals surface area contributed by atoms with Gasteiger partial charge in [-0.2, -0.15) is 0 Å². The molecule has 7 nitrogen and oxygen atoms in total. The first-order chi connectivity index (χ1) is 16.2. The maximum Gasteiger partial charge on any atom is 0.231 e. The molecule has 33 heavy (non-hydrogen) atoms. The number of imidazole rings is 1. The third-order valence-corrected chi connectivity index (χ3v) is 7.17. The van der Waals surface area contributed by atoms with Crippen LogP contribution in [0.15, 0.2) is 60.0 Å². The minimum absolute atomic E-state index is 0.00280. The fourth-order valence-corrected chi connectivity index (χ4v) is 5.36. The van der Waals surface area contributed by atoms with E-state index < -0.39 is 0 Å².